The summed E-state index contributed by atoms with van der Waals surface area (Å²) in [5, 5.41) is 19.1. The van der Waals surface area contributed by atoms with E-state index < -0.39 is 0 Å². The third-order valence-electron chi connectivity index (χ3n) is 7.02. The number of rotatable bonds is 27. The van der Waals surface area contributed by atoms with E-state index in [0.29, 0.717) is 113 Å². The standard InChI is InChI=1S/C38H52N2O8/c1-5-43-21-23-45-17-9-11-33(29-39)25-31-13-15-35(37(27-31)41-3)47-19-7-8-20-48-36-16-14-32(28-38(36)42-4)26-34(30-40)12-10-18-46-24-22-44-6-2/h13-16,25-28H,5-12,17-24H2,1-4H3. The van der Waals surface area contributed by atoms with Crippen molar-refractivity contribution in [2.24, 2.45) is 0 Å². The van der Waals surface area contributed by atoms with Gasteiger partial charge in [-0.1, -0.05) is 12.1 Å². The summed E-state index contributed by atoms with van der Waals surface area (Å²) in [6.45, 7) is 9.73. The quantitative estimate of drug-likeness (QED) is 0.0704. The first-order valence-electron chi connectivity index (χ1n) is 16.7. The lowest BCUT2D eigenvalue weighted by molar-refractivity contribution is 0.0521. The number of hydrogen-bond donors (Lipinski definition) is 0. The van der Waals surface area contributed by atoms with Gasteiger partial charge in [-0.2, -0.15) is 10.5 Å². The van der Waals surface area contributed by atoms with Gasteiger partial charge in [0.1, 0.15) is 0 Å². The molecule has 0 aromatic heterocycles. The minimum Gasteiger partial charge on any atom is -0.493 e. The minimum atomic E-state index is 0.497. The molecule has 0 aliphatic rings. The van der Waals surface area contributed by atoms with E-state index in [4.69, 9.17) is 37.9 Å². The largest absolute Gasteiger partial charge is 0.493 e. The average Bonchev–Trinajstić information content (AvgIpc) is 3.11. The SMILES string of the molecule is CCOCCOCCCC(C#N)=Cc1ccc(OCCCCOc2ccc(C=C(C#N)CCCOCCOCC)cc2OC)c(OC)c1. The maximum atomic E-state index is 9.57. The molecule has 48 heavy (non-hydrogen) atoms. The molecule has 0 N–H and O–H groups in total. The summed E-state index contributed by atoms with van der Waals surface area (Å²) < 4.78 is 44.7. The Hall–Kier alpha value is -4.06. The molecular weight excluding hydrogens is 612 g/mol. The number of methoxy groups -OCH3 is 2. The smallest absolute Gasteiger partial charge is 0.161 e. The summed E-state index contributed by atoms with van der Waals surface area (Å²) in [5.74, 6) is 2.52. The Morgan fingerprint density at radius 2 is 0.958 bits per heavy atom. The van der Waals surface area contributed by atoms with Crippen molar-refractivity contribution in [1.82, 2.24) is 0 Å². The van der Waals surface area contributed by atoms with Gasteiger partial charge in [-0.3, -0.25) is 0 Å². The van der Waals surface area contributed by atoms with Gasteiger partial charge in [0, 0.05) is 37.6 Å². The van der Waals surface area contributed by atoms with Gasteiger partial charge in [0.25, 0.3) is 0 Å². The van der Waals surface area contributed by atoms with Gasteiger partial charge < -0.3 is 37.9 Å². The van der Waals surface area contributed by atoms with Gasteiger partial charge in [0.2, 0.25) is 0 Å². The molecule has 0 spiro atoms. The van der Waals surface area contributed by atoms with Crippen LogP contribution in [0.4, 0.5) is 0 Å². The highest BCUT2D eigenvalue weighted by Gasteiger charge is 2.09. The molecule has 0 heterocycles. The fraction of sp³-hybridized carbons (Fsp3) is 0.526. The first kappa shape index (κ1) is 40.1. The van der Waals surface area contributed by atoms with Crippen molar-refractivity contribution in [3.8, 4) is 35.1 Å². The normalized spacial score (nSPS) is 11.5. The van der Waals surface area contributed by atoms with Crippen LogP contribution in [0.15, 0.2) is 47.5 Å². The molecule has 0 radical (unpaired) electrons. The van der Waals surface area contributed by atoms with Crippen LogP contribution in [0.1, 0.15) is 63.5 Å². The molecule has 0 aliphatic heterocycles. The molecule has 0 unspecified atom stereocenters. The van der Waals surface area contributed by atoms with Crippen LogP contribution in [0, 0.1) is 22.7 Å². The van der Waals surface area contributed by atoms with Crippen LogP contribution >= 0.6 is 0 Å². The molecule has 0 atom stereocenters. The van der Waals surface area contributed by atoms with E-state index in [1.165, 1.54) is 0 Å². The van der Waals surface area contributed by atoms with Crippen molar-refractivity contribution in [2.75, 3.05) is 80.3 Å². The van der Waals surface area contributed by atoms with Crippen molar-refractivity contribution in [3.63, 3.8) is 0 Å². The van der Waals surface area contributed by atoms with E-state index in [1.807, 2.05) is 62.4 Å². The highest BCUT2D eigenvalue weighted by atomic mass is 16.5. The van der Waals surface area contributed by atoms with Gasteiger partial charge in [0.05, 0.1) is 66.0 Å². The second-order valence-electron chi connectivity index (χ2n) is 10.6. The van der Waals surface area contributed by atoms with Crippen LogP contribution in [0.25, 0.3) is 12.2 Å². The first-order chi connectivity index (χ1) is 23.6. The van der Waals surface area contributed by atoms with Gasteiger partial charge in [-0.05, 0) is 99.9 Å². The van der Waals surface area contributed by atoms with Crippen LogP contribution in [0.3, 0.4) is 0 Å². The van der Waals surface area contributed by atoms with Gasteiger partial charge in [-0.15, -0.1) is 0 Å². The summed E-state index contributed by atoms with van der Waals surface area (Å²) in [4.78, 5) is 0. The minimum absolute atomic E-state index is 0.497. The lowest BCUT2D eigenvalue weighted by Crippen LogP contribution is -2.05. The van der Waals surface area contributed by atoms with Crippen LogP contribution in [0.5, 0.6) is 23.0 Å². The lowest BCUT2D eigenvalue weighted by Gasteiger charge is -2.13. The van der Waals surface area contributed by atoms with E-state index in [9.17, 15) is 10.5 Å². The fourth-order valence-electron chi connectivity index (χ4n) is 4.54. The number of nitrogens with zero attached hydrogens (tertiary/aromatic N) is 2. The molecule has 0 fully saturated rings. The van der Waals surface area contributed by atoms with Crippen molar-refractivity contribution in [3.05, 3.63) is 58.7 Å². The Morgan fingerprint density at radius 1 is 0.542 bits per heavy atom. The molecule has 262 valence electrons. The monoisotopic (exact) mass is 664 g/mol. The molecule has 0 saturated carbocycles. The summed E-state index contributed by atoms with van der Waals surface area (Å²) in [6, 6.07) is 15.9. The predicted molar refractivity (Wildman–Crippen MR) is 186 cm³/mol. The second kappa shape index (κ2) is 26.0. The first-order valence-corrected chi connectivity index (χ1v) is 16.7. The highest BCUT2D eigenvalue weighted by Crippen LogP contribution is 2.31. The summed E-state index contributed by atoms with van der Waals surface area (Å²) in [7, 11) is 3.21. The molecule has 2 rings (SSSR count). The summed E-state index contributed by atoms with van der Waals surface area (Å²) in [6.07, 6.45) is 8.09. The van der Waals surface area contributed by atoms with Crippen molar-refractivity contribution < 1.29 is 37.9 Å². The van der Waals surface area contributed by atoms with E-state index in [-0.39, 0.29) is 0 Å². The third kappa shape index (κ3) is 16.7. The topological polar surface area (TPSA) is 121 Å². The molecular formula is C38H52N2O8. The number of unbranched alkanes of at least 4 members (excludes halogenated alkanes) is 1. The Balaban J connectivity index is 1.77. The Morgan fingerprint density at radius 3 is 1.33 bits per heavy atom. The third-order valence-corrected chi connectivity index (χ3v) is 7.02. The zero-order chi connectivity index (χ0) is 34.7. The molecule has 10 heteroatoms. The number of ether oxygens (including phenoxy) is 8. The molecule has 10 nitrogen and oxygen atoms in total. The van der Waals surface area contributed by atoms with Crippen LogP contribution in [-0.2, 0) is 18.9 Å². The number of hydrogen-bond acceptors (Lipinski definition) is 10. The molecule has 0 saturated heterocycles. The average molecular weight is 665 g/mol. The summed E-state index contributed by atoms with van der Waals surface area (Å²) in [5.41, 5.74) is 3.11. The van der Waals surface area contributed by atoms with E-state index in [2.05, 4.69) is 12.1 Å². The predicted octanol–water partition coefficient (Wildman–Crippen LogP) is 7.42. The van der Waals surface area contributed by atoms with Crippen molar-refractivity contribution >= 4 is 12.2 Å². The highest BCUT2D eigenvalue weighted by molar-refractivity contribution is 5.61. The molecule has 0 amide bonds. The maximum Gasteiger partial charge on any atom is 0.161 e. The number of benzene rings is 2. The Labute approximate surface area is 286 Å². The van der Waals surface area contributed by atoms with E-state index in [1.54, 1.807) is 14.2 Å². The molecule has 2 aromatic rings. The Kier molecular flexibility index (Phi) is 21.7. The van der Waals surface area contributed by atoms with E-state index in [0.717, 1.165) is 36.8 Å². The second-order valence-corrected chi connectivity index (χ2v) is 10.6. The van der Waals surface area contributed by atoms with E-state index >= 15 is 0 Å². The maximum absolute atomic E-state index is 9.57. The van der Waals surface area contributed by atoms with Crippen LogP contribution < -0.4 is 18.9 Å². The van der Waals surface area contributed by atoms with Crippen molar-refractivity contribution in [2.45, 2.75) is 52.4 Å². The van der Waals surface area contributed by atoms with Crippen LogP contribution in [-0.4, -0.2) is 80.3 Å². The van der Waals surface area contributed by atoms with Gasteiger partial charge in [0.15, 0.2) is 23.0 Å². The van der Waals surface area contributed by atoms with Gasteiger partial charge in [-0.25, -0.2) is 0 Å². The number of allylic oxidation sites excluding steroid dienone is 2. The van der Waals surface area contributed by atoms with Crippen molar-refractivity contribution in [1.29, 1.82) is 10.5 Å². The zero-order valence-electron chi connectivity index (χ0n) is 29.1. The number of nitriles is 2. The molecule has 2 aromatic carbocycles. The molecule has 0 bridgehead atoms. The lowest BCUT2D eigenvalue weighted by atomic mass is 10.1. The summed E-state index contributed by atoms with van der Waals surface area (Å²) >= 11 is 0. The van der Waals surface area contributed by atoms with Crippen LogP contribution in [0.2, 0.25) is 0 Å². The van der Waals surface area contributed by atoms with Gasteiger partial charge >= 0.3 is 0 Å². The zero-order valence-corrected chi connectivity index (χ0v) is 29.1. The fourth-order valence-corrected chi connectivity index (χ4v) is 4.54. The molecule has 0 aliphatic carbocycles. The Bertz CT molecular complexity index is 1230.